The van der Waals surface area contributed by atoms with Crippen LogP contribution in [0.15, 0.2) is 0 Å². The maximum atomic E-state index is 8.39. The summed E-state index contributed by atoms with van der Waals surface area (Å²) in [7, 11) is 0. The first kappa shape index (κ1) is 28.1. The largest absolute Gasteiger partial charge is 0.396 e. The number of hydrogen-bond donors (Lipinski definition) is 2. The number of aliphatic hydroxyl groups excluding tert-OH is 2. The van der Waals surface area contributed by atoms with E-state index in [2.05, 4.69) is 13.8 Å². The quantitative estimate of drug-likeness (QED) is 0.227. The third kappa shape index (κ3) is 31.7. The van der Waals surface area contributed by atoms with E-state index in [4.69, 9.17) is 10.2 Å². The number of unbranched alkanes of at least 4 members (excludes halogenated alkanes) is 17. The van der Waals surface area contributed by atoms with E-state index in [-0.39, 0.29) is 12.7 Å². The first-order valence-electron chi connectivity index (χ1n) is 12.0. The van der Waals surface area contributed by atoms with Crippen LogP contribution in [0.2, 0.25) is 0 Å². The molecule has 2 N–H and O–H groups in total. The molecule has 0 saturated heterocycles. The van der Waals surface area contributed by atoms with E-state index in [0.717, 1.165) is 0 Å². The van der Waals surface area contributed by atoms with Gasteiger partial charge in [0.15, 0.2) is 0 Å². The molecular weight excluding hydrogens is 320 g/mol. The third-order valence-electron chi connectivity index (χ3n) is 5.00. The monoisotopic (exact) mass is 372 g/mol. The molecule has 0 rings (SSSR count). The van der Waals surface area contributed by atoms with Crippen molar-refractivity contribution in [2.24, 2.45) is 0 Å². The van der Waals surface area contributed by atoms with Crippen LogP contribution in [-0.4, -0.2) is 22.9 Å². The van der Waals surface area contributed by atoms with Crippen LogP contribution in [0.4, 0.5) is 0 Å². The Morgan fingerprint density at radius 3 is 0.846 bits per heavy atom. The Bertz CT molecular complexity index is 198. The second kappa shape index (κ2) is 27.1. The Balaban J connectivity index is 0. The lowest BCUT2D eigenvalue weighted by molar-refractivity contribution is 0.148. The van der Waals surface area contributed by atoms with Gasteiger partial charge in [0.1, 0.15) is 0 Å². The lowest BCUT2D eigenvalue weighted by Crippen LogP contribution is -2.00. The fourth-order valence-corrected chi connectivity index (χ4v) is 3.16. The highest BCUT2D eigenvalue weighted by Gasteiger charge is 1.94. The van der Waals surface area contributed by atoms with E-state index < -0.39 is 0 Å². The summed E-state index contributed by atoms with van der Waals surface area (Å²) in [6.45, 7) is 6.32. The zero-order valence-electron chi connectivity index (χ0n) is 18.6. The van der Waals surface area contributed by atoms with Gasteiger partial charge in [-0.05, 0) is 13.3 Å². The van der Waals surface area contributed by atoms with Crippen LogP contribution >= 0.6 is 0 Å². The molecule has 0 aromatic heterocycles. The summed E-state index contributed by atoms with van der Waals surface area (Å²) in [6, 6.07) is 0. The molecule has 0 heterocycles. The standard InChI is InChI=1S/C20H42.C4H10O2/c1-3-5-7-9-11-13-15-17-19-20-18-16-14-12-10-8-6-4-2;1-4(6)2-3-5/h3-20H2,1-2H3;4-6H,2-3H2,1H3. The van der Waals surface area contributed by atoms with Crippen molar-refractivity contribution >= 4 is 0 Å². The summed E-state index contributed by atoms with van der Waals surface area (Å²) in [5, 5.41) is 16.5. The molecule has 2 nitrogen and oxygen atoms in total. The van der Waals surface area contributed by atoms with Crippen LogP contribution in [0.1, 0.15) is 143 Å². The van der Waals surface area contributed by atoms with Crippen molar-refractivity contribution in [3.8, 4) is 0 Å². The first-order chi connectivity index (χ1) is 12.7. The van der Waals surface area contributed by atoms with Crippen molar-refractivity contribution in [3.05, 3.63) is 0 Å². The molecule has 26 heavy (non-hydrogen) atoms. The molecule has 0 bridgehead atoms. The minimum absolute atomic E-state index is 0.0810. The van der Waals surface area contributed by atoms with Gasteiger partial charge in [-0.2, -0.15) is 0 Å². The summed E-state index contributed by atoms with van der Waals surface area (Å²) in [4.78, 5) is 0. The number of aliphatic hydroxyl groups is 2. The Hall–Kier alpha value is -0.0800. The molecule has 160 valence electrons. The Morgan fingerprint density at radius 1 is 0.500 bits per heavy atom. The SMILES string of the molecule is CC(O)CCO.CCCCCCCCCCCCCCCCCCCC. The topological polar surface area (TPSA) is 40.5 Å². The molecule has 0 aliphatic heterocycles. The van der Waals surface area contributed by atoms with Gasteiger partial charge < -0.3 is 10.2 Å². The lowest BCUT2D eigenvalue weighted by atomic mass is 10.0. The minimum atomic E-state index is -0.352. The number of rotatable bonds is 19. The van der Waals surface area contributed by atoms with Crippen molar-refractivity contribution in [3.63, 3.8) is 0 Å². The van der Waals surface area contributed by atoms with Crippen molar-refractivity contribution in [1.29, 1.82) is 0 Å². The molecule has 0 spiro atoms. The van der Waals surface area contributed by atoms with Crippen LogP contribution < -0.4 is 0 Å². The Kier molecular flexibility index (Phi) is 29.4. The second-order valence-corrected chi connectivity index (χ2v) is 8.02. The highest BCUT2D eigenvalue weighted by molar-refractivity contribution is 4.50. The van der Waals surface area contributed by atoms with E-state index >= 15 is 0 Å². The van der Waals surface area contributed by atoms with Gasteiger partial charge in [-0.25, -0.2) is 0 Å². The third-order valence-corrected chi connectivity index (χ3v) is 5.00. The summed E-state index contributed by atoms with van der Waals surface area (Å²) in [5.41, 5.74) is 0. The van der Waals surface area contributed by atoms with E-state index in [0.29, 0.717) is 6.42 Å². The maximum Gasteiger partial charge on any atom is 0.0533 e. The molecule has 0 aromatic rings. The molecule has 0 amide bonds. The summed E-state index contributed by atoms with van der Waals surface area (Å²) >= 11 is 0. The van der Waals surface area contributed by atoms with E-state index in [9.17, 15) is 0 Å². The molecule has 1 unspecified atom stereocenters. The predicted octanol–water partition coefficient (Wildman–Crippen LogP) is 7.80. The Morgan fingerprint density at radius 2 is 0.731 bits per heavy atom. The zero-order chi connectivity index (χ0) is 19.7. The van der Waals surface area contributed by atoms with Gasteiger partial charge in [-0.1, -0.05) is 129 Å². The Labute approximate surface area is 166 Å². The molecule has 0 fully saturated rings. The van der Waals surface area contributed by atoms with Crippen LogP contribution in [0.5, 0.6) is 0 Å². The molecule has 0 aromatic carbocycles. The minimum Gasteiger partial charge on any atom is -0.396 e. The fourth-order valence-electron chi connectivity index (χ4n) is 3.16. The average Bonchev–Trinajstić information content (AvgIpc) is 2.62. The van der Waals surface area contributed by atoms with Gasteiger partial charge in [0, 0.05) is 6.61 Å². The van der Waals surface area contributed by atoms with Crippen LogP contribution in [0.3, 0.4) is 0 Å². The second-order valence-electron chi connectivity index (χ2n) is 8.02. The fraction of sp³-hybridized carbons (Fsp3) is 1.00. The molecule has 0 aliphatic rings. The average molecular weight is 373 g/mol. The molecule has 2 heteroatoms. The highest BCUT2D eigenvalue weighted by Crippen LogP contribution is 2.14. The molecular formula is C24H52O2. The van der Waals surface area contributed by atoms with Crippen molar-refractivity contribution in [2.75, 3.05) is 6.61 Å². The van der Waals surface area contributed by atoms with Gasteiger partial charge >= 0.3 is 0 Å². The first-order valence-corrected chi connectivity index (χ1v) is 12.0. The normalized spacial score (nSPS) is 11.9. The summed E-state index contributed by atoms with van der Waals surface area (Å²) < 4.78 is 0. The van der Waals surface area contributed by atoms with Crippen LogP contribution in [0, 0.1) is 0 Å². The molecule has 0 aliphatic carbocycles. The number of hydrogen-bond acceptors (Lipinski definition) is 2. The van der Waals surface area contributed by atoms with Gasteiger partial charge in [0.2, 0.25) is 0 Å². The maximum absolute atomic E-state index is 8.39. The van der Waals surface area contributed by atoms with Gasteiger partial charge in [0.25, 0.3) is 0 Å². The van der Waals surface area contributed by atoms with Gasteiger partial charge in [0.05, 0.1) is 6.10 Å². The van der Waals surface area contributed by atoms with Crippen molar-refractivity contribution in [1.82, 2.24) is 0 Å². The van der Waals surface area contributed by atoms with Crippen LogP contribution in [-0.2, 0) is 0 Å². The van der Waals surface area contributed by atoms with Gasteiger partial charge in [-0.3, -0.25) is 0 Å². The zero-order valence-corrected chi connectivity index (χ0v) is 18.6. The van der Waals surface area contributed by atoms with Gasteiger partial charge in [-0.15, -0.1) is 0 Å². The summed E-state index contributed by atoms with van der Waals surface area (Å²) in [6.07, 6.45) is 26.5. The molecule has 1 atom stereocenters. The molecule has 0 radical (unpaired) electrons. The van der Waals surface area contributed by atoms with E-state index in [1.807, 2.05) is 0 Å². The van der Waals surface area contributed by atoms with Crippen molar-refractivity contribution in [2.45, 2.75) is 149 Å². The van der Waals surface area contributed by atoms with Crippen molar-refractivity contribution < 1.29 is 10.2 Å². The lowest BCUT2D eigenvalue weighted by Gasteiger charge is -2.03. The van der Waals surface area contributed by atoms with E-state index in [1.54, 1.807) is 6.92 Å². The van der Waals surface area contributed by atoms with E-state index in [1.165, 1.54) is 116 Å². The summed E-state index contributed by atoms with van der Waals surface area (Å²) in [5.74, 6) is 0. The molecule has 0 saturated carbocycles. The smallest absolute Gasteiger partial charge is 0.0533 e. The predicted molar refractivity (Wildman–Crippen MR) is 118 cm³/mol. The van der Waals surface area contributed by atoms with Crippen LogP contribution in [0.25, 0.3) is 0 Å². The highest BCUT2D eigenvalue weighted by atomic mass is 16.3.